The van der Waals surface area contributed by atoms with Gasteiger partial charge in [-0.15, -0.1) is 12.4 Å². The van der Waals surface area contributed by atoms with Crippen LogP contribution in [0.25, 0.3) is 10.9 Å². The minimum absolute atomic E-state index is 0. The number of hydrogen-bond donors (Lipinski definition) is 1. The van der Waals surface area contributed by atoms with Gasteiger partial charge < -0.3 is 9.72 Å². The van der Waals surface area contributed by atoms with E-state index in [1.807, 2.05) is 30.5 Å². The highest BCUT2D eigenvalue weighted by atomic mass is 35.5. The molecule has 0 amide bonds. The monoisotopic (exact) mass is 341 g/mol. The maximum atomic E-state index is 12.1. The lowest BCUT2D eigenvalue weighted by Crippen LogP contribution is -2.19. The number of benzene rings is 2. The van der Waals surface area contributed by atoms with E-state index in [0.29, 0.717) is 6.42 Å². The van der Waals surface area contributed by atoms with E-state index in [-0.39, 0.29) is 18.2 Å². The molecule has 3 rings (SSSR count). The van der Waals surface area contributed by atoms with E-state index in [1.54, 1.807) is 24.3 Å². The van der Waals surface area contributed by atoms with Gasteiger partial charge in [0.1, 0.15) is 5.75 Å². The van der Waals surface area contributed by atoms with Crippen LogP contribution in [0, 0.1) is 0 Å². The average molecular weight is 342 g/mol. The van der Waals surface area contributed by atoms with Crippen LogP contribution in [-0.4, -0.2) is 17.8 Å². The molecule has 2 nitrogen and oxygen atoms in total. The van der Waals surface area contributed by atoms with E-state index in [9.17, 15) is 13.2 Å². The van der Waals surface area contributed by atoms with Crippen LogP contribution >= 0.6 is 12.4 Å². The van der Waals surface area contributed by atoms with Crippen LogP contribution in [0.3, 0.4) is 0 Å². The van der Waals surface area contributed by atoms with Crippen molar-refractivity contribution in [3.63, 3.8) is 0 Å². The topological polar surface area (TPSA) is 25.0 Å². The Balaban J connectivity index is 0.00000192. The fourth-order valence-corrected chi connectivity index (χ4v) is 2.37. The summed E-state index contributed by atoms with van der Waals surface area (Å²) in [5, 5.41) is 1.15. The third-order valence-electron chi connectivity index (χ3n) is 3.40. The fourth-order valence-electron chi connectivity index (χ4n) is 2.37. The normalized spacial score (nSPS) is 11.3. The summed E-state index contributed by atoms with van der Waals surface area (Å²) in [6, 6.07) is 14.7. The summed E-state index contributed by atoms with van der Waals surface area (Å²) in [6.07, 6.45) is -1.65. The molecule has 0 atom stereocenters. The first-order valence-electron chi connectivity index (χ1n) is 6.85. The van der Waals surface area contributed by atoms with Gasteiger partial charge in [0.25, 0.3) is 0 Å². The highest BCUT2D eigenvalue weighted by Gasteiger charge is 2.28. The number of alkyl halides is 3. The van der Waals surface area contributed by atoms with Gasteiger partial charge >= 0.3 is 6.18 Å². The molecule has 0 aliphatic heterocycles. The number of fused-ring (bicyclic) bond motifs is 1. The number of halogens is 4. The maximum Gasteiger partial charge on any atom is 0.422 e. The van der Waals surface area contributed by atoms with Gasteiger partial charge in [-0.05, 0) is 35.7 Å². The summed E-state index contributed by atoms with van der Waals surface area (Å²) in [7, 11) is 0. The Morgan fingerprint density at radius 3 is 2.35 bits per heavy atom. The molecule has 0 spiro atoms. The van der Waals surface area contributed by atoms with Gasteiger partial charge in [0, 0.05) is 17.1 Å². The Morgan fingerprint density at radius 1 is 0.957 bits per heavy atom. The van der Waals surface area contributed by atoms with Crippen LogP contribution in [0.1, 0.15) is 11.1 Å². The predicted molar refractivity (Wildman–Crippen MR) is 86.3 cm³/mol. The predicted octanol–water partition coefficient (Wildman–Crippen LogP) is 5.12. The Bertz CT molecular complexity index is 765. The molecule has 6 heteroatoms. The lowest BCUT2D eigenvalue weighted by Gasteiger charge is -2.09. The number of rotatable bonds is 4. The van der Waals surface area contributed by atoms with Crippen LogP contribution < -0.4 is 4.74 Å². The molecular weight excluding hydrogens is 327 g/mol. The van der Waals surface area contributed by atoms with Crippen molar-refractivity contribution < 1.29 is 17.9 Å². The zero-order valence-electron chi connectivity index (χ0n) is 12.1. The third kappa shape index (κ3) is 4.42. The third-order valence-corrected chi connectivity index (χ3v) is 3.40. The van der Waals surface area contributed by atoms with Gasteiger partial charge in [0.2, 0.25) is 0 Å². The molecule has 23 heavy (non-hydrogen) atoms. The summed E-state index contributed by atoms with van der Waals surface area (Å²) < 4.78 is 41.0. The van der Waals surface area contributed by atoms with E-state index in [4.69, 9.17) is 4.74 Å². The average Bonchev–Trinajstić information content (AvgIpc) is 2.89. The zero-order valence-corrected chi connectivity index (χ0v) is 12.9. The van der Waals surface area contributed by atoms with Crippen LogP contribution in [0.15, 0.2) is 54.7 Å². The van der Waals surface area contributed by atoms with Gasteiger partial charge in [-0.2, -0.15) is 13.2 Å². The number of aromatic amines is 1. The maximum absolute atomic E-state index is 12.1. The van der Waals surface area contributed by atoms with Crippen LogP contribution in [0.5, 0.6) is 5.75 Å². The van der Waals surface area contributed by atoms with Crippen LogP contribution in [-0.2, 0) is 6.42 Å². The van der Waals surface area contributed by atoms with Crippen molar-refractivity contribution in [3.8, 4) is 5.75 Å². The Kier molecular flexibility index (Phi) is 5.21. The van der Waals surface area contributed by atoms with Crippen LogP contribution in [0.2, 0.25) is 0 Å². The molecular formula is C17H15ClF3NO. The van der Waals surface area contributed by atoms with Gasteiger partial charge in [-0.1, -0.05) is 30.3 Å². The summed E-state index contributed by atoms with van der Waals surface area (Å²) in [5.74, 6) is 0.222. The van der Waals surface area contributed by atoms with Crippen molar-refractivity contribution in [3.05, 3.63) is 65.9 Å². The highest BCUT2D eigenvalue weighted by molar-refractivity contribution is 5.85. The van der Waals surface area contributed by atoms with E-state index in [0.717, 1.165) is 22.0 Å². The number of para-hydroxylation sites is 1. The molecule has 0 unspecified atom stereocenters. The molecule has 0 radical (unpaired) electrons. The number of nitrogens with one attached hydrogen (secondary N) is 1. The molecule has 0 aliphatic carbocycles. The number of ether oxygens (including phenoxy) is 1. The lowest BCUT2D eigenvalue weighted by molar-refractivity contribution is -0.153. The highest BCUT2D eigenvalue weighted by Crippen LogP contribution is 2.23. The number of H-pyrrole nitrogens is 1. The first kappa shape index (κ1) is 17.2. The molecule has 122 valence electrons. The van der Waals surface area contributed by atoms with E-state index < -0.39 is 12.8 Å². The van der Waals surface area contributed by atoms with Gasteiger partial charge in [-0.25, -0.2) is 0 Å². The first-order valence-corrected chi connectivity index (χ1v) is 6.85. The quantitative estimate of drug-likeness (QED) is 0.700. The lowest BCUT2D eigenvalue weighted by atomic mass is 10.0. The Hall–Kier alpha value is -2.14. The minimum Gasteiger partial charge on any atom is -0.484 e. The van der Waals surface area contributed by atoms with Crippen molar-refractivity contribution in [1.29, 1.82) is 0 Å². The summed E-state index contributed by atoms with van der Waals surface area (Å²) in [4.78, 5) is 3.21. The first-order chi connectivity index (χ1) is 10.5. The molecule has 1 heterocycles. The molecule has 1 N–H and O–H groups in total. The van der Waals surface area contributed by atoms with E-state index in [1.165, 1.54) is 0 Å². The summed E-state index contributed by atoms with van der Waals surface area (Å²) >= 11 is 0. The molecule has 3 aromatic rings. The Morgan fingerprint density at radius 2 is 1.65 bits per heavy atom. The SMILES string of the molecule is Cl.FC(F)(F)COc1ccc(Cc2c[nH]c3ccccc23)cc1. The molecule has 0 saturated heterocycles. The second-order valence-corrected chi connectivity index (χ2v) is 5.08. The van der Waals surface area contributed by atoms with Crippen molar-refractivity contribution >= 4 is 23.3 Å². The summed E-state index contributed by atoms with van der Waals surface area (Å²) in [5.41, 5.74) is 3.24. The van der Waals surface area contributed by atoms with E-state index >= 15 is 0 Å². The Labute approximate surface area is 137 Å². The summed E-state index contributed by atoms with van der Waals surface area (Å²) in [6.45, 7) is -1.27. The van der Waals surface area contributed by atoms with Crippen molar-refractivity contribution in [1.82, 2.24) is 4.98 Å². The second kappa shape index (κ2) is 6.96. The molecule has 0 aliphatic rings. The smallest absolute Gasteiger partial charge is 0.422 e. The van der Waals surface area contributed by atoms with Gasteiger partial charge in [0.15, 0.2) is 6.61 Å². The second-order valence-electron chi connectivity index (χ2n) is 5.08. The molecule has 0 fully saturated rings. The van der Waals surface area contributed by atoms with Crippen molar-refractivity contribution in [2.45, 2.75) is 12.6 Å². The zero-order chi connectivity index (χ0) is 15.6. The van der Waals surface area contributed by atoms with Crippen molar-refractivity contribution in [2.24, 2.45) is 0 Å². The molecule has 1 aromatic heterocycles. The van der Waals surface area contributed by atoms with Gasteiger partial charge in [-0.3, -0.25) is 0 Å². The molecule has 2 aromatic carbocycles. The molecule has 0 saturated carbocycles. The fraction of sp³-hybridized carbons (Fsp3) is 0.176. The van der Waals surface area contributed by atoms with Crippen LogP contribution in [0.4, 0.5) is 13.2 Å². The standard InChI is InChI=1S/C17H14F3NO.ClH/c18-17(19,20)11-22-14-7-5-12(6-8-14)9-13-10-21-16-4-2-1-3-15(13)16;/h1-8,10,21H,9,11H2;1H. The minimum atomic E-state index is -4.32. The number of hydrogen-bond acceptors (Lipinski definition) is 1. The van der Waals surface area contributed by atoms with Gasteiger partial charge in [0.05, 0.1) is 0 Å². The van der Waals surface area contributed by atoms with E-state index in [2.05, 4.69) is 4.98 Å². The largest absolute Gasteiger partial charge is 0.484 e. The number of aromatic nitrogens is 1. The van der Waals surface area contributed by atoms with Crippen molar-refractivity contribution in [2.75, 3.05) is 6.61 Å². The molecule has 0 bridgehead atoms.